The number of nitrogens with zero attached hydrogens (tertiary/aromatic N) is 1. The van der Waals surface area contributed by atoms with Gasteiger partial charge in [-0.05, 0) is 36.8 Å². The van der Waals surface area contributed by atoms with Gasteiger partial charge in [0.25, 0.3) is 0 Å². The van der Waals surface area contributed by atoms with E-state index in [2.05, 4.69) is 4.98 Å². The molecule has 1 unspecified atom stereocenters. The van der Waals surface area contributed by atoms with Gasteiger partial charge in [-0.15, -0.1) is 0 Å². The summed E-state index contributed by atoms with van der Waals surface area (Å²) in [4.78, 5) is 15.6. The van der Waals surface area contributed by atoms with Crippen LogP contribution in [0.2, 0.25) is 0 Å². The summed E-state index contributed by atoms with van der Waals surface area (Å²) >= 11 is 0. The molecule has 0 spiro atoms. The van der Waals surface area contributed by atoms with Crippen molar-refractivity contribution in [2.75, 3.05) is 0 Å². The van der Waals surface area contributed by atoms with Crippen LogP contribution in [0.3, 0.4) is 0 Å². The Morgan fingerprint density at radius 3 is 2.50 bits per heavy atom. The number of pyridine rings is 1. The van der Waals surface area contributed by atoms with Crippen LogP contribution < -0.4 is 0 Å². The molecule has 1 heterocycles. The molecule has 0 fully saturated rings. The Hall–Kier alpha value is -2.01. The number of aromatic nitrogens is 1. The second-order valence-electron chi connectivity index (χ2n) is 4.47. The zero-order valence-corrected chi connectivity index (χ0v) is 11.9. The second-order valence-corrected chi connectivity index (χ2v) is 5.93. The largest absolute Gasteiger partial charge is 0.481 e. The van der Waals surface area contributed by atoms with Crippen LogP contribution in [-0.4, -0.2) is 20.3 Å². The quantitative estimate of drug-likeness (QED) is 0.917. The molecule has 104 valence electrons. The zero-order chi connectivity index (χ0) is 14.5. The van der Waals surface area contributed by atoms with Crippen molar-refractivity contribution >= 4 is 16.8 Å². The number of hydrogen-bond acceptors (Lipinski definition) is 3. The monoisotopic (exact) mass is 289 g/mol. The van der Waals surface area contributed by atoms with Crippen LogP contribution in [0.5, 0.6) is 0 Å². The van der Waals surface area contributed by atoms with Gasteiger partial charge in [-0.3, -0.25) is 14.0 Å². The molecule has 0 aliphatic carbocycles. The third-order valence-corrected chi connectivity index (χ3v) is 4.12. The summed E-state index contributed by atoms with van der Waals surface area (Å²) in [6.45, 7) is 1.90. The predicted molar refractivity (Wildman–Crippen MR) is 76.9 cm³/mol. The molecule has 0 saturated carbocycles. The van der Waals surface area contributed by atoms with E-state index in [-0.39, 0.29) is 6.42 Å². The van der Waals surface area contributed by atoms with E-state index in [1.807, 2.05) is 25.1 Å². The fraction of sp³-hybridized carbons (Fsp3) is 0.200. The molecule has 20 heavy (non-hydrogen) atoms. The molecule has 0 bridgehead atoms. The molecule has 2 aromatic rings. The Morgan fingerprint density at radius 2 is 1.90 bits per heavy atom. The Balaban J connectivity index is 2.07. The fourth-order valence-corrected chi connectivity index (χ4v) is 2.87. The van der Waals surface area contributed by atoms with Gasteiger partial charge in [0.15, 0.2) is 0 Å². The van der Waals surface area contributed by atoms with E-state index in [4.69, 9.17) is 5.11 Å². The van der Waals surface area contributed by atoms with Crippen molar-refractivity contribution in [2.24, 2.45) is 0 Å². The third kappa shape index (κ3) is 3.99. The first kappa shape index (κ1) is 14.4. The first-order valence-electron chi connectivity index (χ1n) is 6.16. The lowest BCUT2D eigenvalue weighted by molar-refractivity contribution is -0.136. The lowest BCUT2D eigenvalue weighted by Crippen LogP contribution is -2.02. The predicted octanol–water partition coefficient (Wildman–Crippen LogP) is 2.32. The second kappa shape index (κ2) is 6.43. The molecule has 1 N–H and O–H groups in total. The van der Waals surface area contributed by atoms with E-state index in [0.717, 1.165) is 11.4 Å². The van der Waals surface area contributed by atoms with Crippen LogP contribution in [0.15, 0.2) is 47.4 Å². The molecular weight excluding hydrogens is 274 g/mol. The highest BCUT2D eigenvalue weighted by Crippen LogP contribution is 2.13. The number of benzene rings is 1. The number of carbonyl (C=O) groups is 1. The lowest BCUT2D eigenvalue weighted by atomic mass is 10.2. The van der Waals surface area contributed by atoms with Crippen LogP contribution in [0, 0.1) is 6.92 Å². The molecule has 4 nitrogen and oxygen atoms in total. The Morgan fingerprint density at radius 1 is 1.20 bits per heavy atom. The zero-order valence-electron chi connectivity index (χ0n) is 11.1. The fourth-order valence-electron chi connectivity index (χ4n) is 1.83. The molecule has 1 aromatic heterocycles. The van der Waals surface area contributed by atoms with Crippen LogP contribution in [0.25, 0.3) is 0 Å². The van der Waals surface area contributed by atoms with Gasteiger partial charge in [-0.1, -0.05) is 18.2 Å². The van der Waals surface area contributed by atoms with Crippen molar-refractivity contribution in [1.82, 2.24) is 4.98 Å². The third-order valence-electron chi connectivity index (χ3n) is 2.77. The molecule has 0 aliphatic rings. The van der Waals surface area contributed by atoms with Crippen molar-refractivity contribution in [3.05, 3.63) is 59.4 Å². The van der Waals surface area contributed by atoms with Gasteiger partial charge in [0, 0.05) is 10.6 Å². The lowest BCUT2D eigenvalue weighted by Gasteiger charge is -2.04. The number of carboxylic acid groups (broad SMARTS) is 1. The number of carboxylic acids is 1. The highest BCUT2D eigenvalue weighted by Gasteiger charge is 2.07. The van der Waals surface area contributed by atoms with Gasteiger partial charge in [0.05, 0.1) is 28.7 Å². The molecule has 1 atom stereocenters. The summed E-state index contributed by atoms with van der Waals surface area (Å²) in [5, 5.41) is 8.70. The minimum absolute atomic E-state index is 0.0215. The minimum atomic E-state index is -1.17. The first-order chi connectivity index (χ1) is 9.54. The smallest absolute Gasteiger partial charge is 0.307 e. The molecule has 0 aliphatic heterocycles. The summed E-state index contributed by atoms with van der Waals surface area (Å²) in [5.41, 5.74) is 2.39. The standard InChI is InChI=1S/C15H15NO3S/c1-11-3-2-4-13(16-11)10-20(19)14-7-5-12(6-8-14)9-15(17)18/h2-8H,9-10H2,1H3,(H,17,18). The van der Waals surface area contributed by atoms with E-state index < -0.39 is 16.8 Å². The molecular formula is C15H15NO3S. The van der Waals surface area contributed by atoms with E-state index in [0.29, 0.717) is 16.2 Å². The van der Waals surface area contributed by atoms with E-state index in [1.165, 1.54) is 0 Å². The van der Waals surface area contributed by atoms with Crippen LogP contribution in [0.1, 0.15) is 17.0 Å². The number of rotatable bonds is 5. The summed E-state index contributed by atoms with van der Waals surface area (Å²) in [5.74, 6) is -0.511. The van der Waals surface area contributed by atoms with E-state index in [1.54, 1.807) is 24.3 Å². The first-order valence-corrected chi connectivity index (χ1v) is 7.48. The molecule has 2 rings (SSSR count). The Kier molecular flexibility index (Phi) is 4.63. The Labute approximate surface area is 119 Å². The molecule has 5 heteroatoms. The maximum Gasteiger partial charge on any atom is 0.307 e. The van der Waals surface area contributed by atoms with Gasteiger partial charge in [0.1, 0.15) is 0 Å². The Bertz CT molecular complexity index is 638. The summed E-state index contributed by atoms with van der Waals surface area (Å²) in [6.07, 6.45) is -0.0215. The summed E-state index contributed by atoms with van der Waals surface area (Å²) < 4.78 is 12.2. The molecule has 0 saturated heterocycles. The SMILES string of the molecule is Cc1cccc(CS(=O)c2ccc(CC(=O)O)cc2)n1. The normalized spacial score (nSPS) is 12.1. The topological polar surface area (TPSA) is 67.3 Å². The van der Waals surface area contributed by atoms with E-state index in [9.17, 15) is 9.00 Å². The molecule has 0 amide bonds. The van der Waals surface area contributed by atoms with Crippen molar-refractivity contribution in [3.8, 4) is 0 Å². The number of aryl methyl sites for hydroxylation is 1. The number of hydrogen-bond donors (Lipinski definition) is 1. The number of aliphatic carboxylic acids is 1. The van der Waals surface area contributed by atoms with Gasteiger partial charge in [0.2, 0.25) is 0 Å². The minimum Gasteiger partial charge on any atom is -0.481 e. The van der Waals surface area contributed by atoms with Crippen molar-refractivity contribution in [1.29, 1.82) is 0 Å². The van der Waals surface area contributed by atoms with Gasteiger partial charge in [-0.25, -0.2) is 0 Å². The maximum atomic E-state index is 12.2. The van der Waals surface area contributed by atoms with Gasteiger partial charge < -0.3 is 5.11 Å². The summed E-state index contributed by atoms with van der Waals surface area (Å²) in [7, 11) is -1.17. The van der Waals surface area contributed by atoms with Crippen LogP contribution in [-0.2, 0) is 27.8 Å². The average molecular weight is 289 g/mol. The van der Waals surface area contributed by atoms with Crippen molar-refractivity contribution in [3.63, 3.8) is 0 Å². The average Bonchev–Trinajstić information content (AvgIpc) is 2.38. The van der Waals surface area contributed by atoms with Crippen LogP contribution in [0.4, 0.5) is 0 Å². The van der Waals surface area contributed by atoms with Crippen molar-refractivity contribution in [2.45, 2.75) is 24.0 Å². The molecule has 0 radical (unpaired) electrons. The summed E-state index contributed by atoms with van der Waals surface area (Å²) in [6, 6.07) is 12.5. The van der Waals surface area contributed by atoms with Crippen molar-refractivity contribution < 1.29 is 14.1 Å². The van der Waals surface area contributed by atoms with E-state index >= 15 is 0 Å². The highest BCUT2D eigenvalue weighted by atomic mass is 32.2. The highest BCUT2D eigenvalue weighted by molar-refractivity contribution is 7.84. The van der Waals surface area contributed by atoms with Gasteiger partial charge in [-0.2, -0.15) is 0 Å². The van der Waals surface area contributed by atoms with Gasteiger partial charge >= 0.3 is 5.97 Å². The van der Waals surface area contributed by atoms with Crippen LogP contribution >= 0.6 is 0 Å². The maximum absolute atomic E-state index is 12.2. The molecule has 1 aromatic carbocycles.